The molecule has 0 aromatic rings. The predicted octanol–water partition coefficient (Wildman–Crippen LogP) is 25.5. The monoisotopic (exact) mass is 1160 g/mol. The number of ether oxygens (including phenoxy) is 3. The van der Waals surface area contributed by atoms with E-state index in [1.807, 2.05) is 0 Å². The van der Waals surface area contributed by atoms with Crippen molar-refractivity contribution in [2.75, 3.05) is 13.2 Å². The molecule has 0 bridgehead atoms. The topological polar surface area (TPSA) is 78.9 Å². The minimum atomic E-state index is -0.780. The molecular formula is C77H140O6. The molecule has 0 fully saturated rings. The average Bonchev–Trinajstić information content (AvgIpc) is 3.48. The van der Waals surface area contributed by atoms with Crippen LogP contribution in [-0.2, 0) is 28.6 Å². The van der Waals surface area contributed by atoms with Crippen molar-refractivity contribution in [1.29, 1.82) is 0 Å². The Morgan fingerprint density at radius 2 is 0.470 bits per heavy atom. The number of hydrogen-bond acceptors (Lipinski definition) is 6. The molecule has 0 rings (SSSR count). The SMILES string of the molecule is CC/C=C\C/C=C\C/C=C\C/C=C\CCCCCCCCC(=O)OC(COC(=O)CCCCCCCCCCCCC)COC(=O)CCCCCCCCCCCCCCCCCCCCCCCCC/C=C\CCCCCCCCCC. The lowest BCUT2D eigenvalue weighted by molar-refractivity contribution is -0.167. The van der Waals surface area contributed by atoms with Gasteiger partial charge in [0.1, 0.15) is 13.2 Å². The summed E-state index contributed by atoms with van der Waals surface area (Å²) in [6, 6.07) is 0. The zero-order valence-corrected chi connectivity index (χ0v) is 55.7. The van der Waals surface area contributed by atoms with Crippen LogP contribution in [0.5, 0.6) is 0 Å². The second kappa shape index (κ2) is 71.6. The molecule has 0 radical (unpaired) electrons. The van der Waals surface area contributed by atoms with Gasteiger partial charge in [-0.05, 0) is 83.5 Å². The van der Waals surface area contributed by atoms with Gasteiger partial charge in [-0.25, -0.2) is 0 Å². The van der Waals surface area contributed by atoms with Crippen LogP contribution in [0.4, 0.5) is 0 Å². The van der Waals surface area contributed by atoms with E-state index in [4.69, 9.17) is 14.2 Å². The van der Waals surface area contributed by atoms with Crippen molar-refractivity contribution in [3.8, 4) is 0 Å². The average molecular weight is 1160 g/mol. The number of esters is 3. The lowest BCUT2D eigenvalue weighted by atomic mass is 10.0. The summed E-state index contributed by atoms with van der Waals surface area (Å²) in [7, 11) is 0. The summed E-state index contributed by atoms with van der Waals surface area (Å²) in [6.45, 7) is 6.56. The van der Waals surface area contributed by atoms with Gasteiger partial charge in [0, 0.05) is 19.3 Å². The minimum absolute atomic E-state index is 0.0753. The highest BCUT2D eigenvalue weighted by Crippen LogP contribution is 2.19. The van der Waals surface area contributed by atoms with E-state index in [2.05, 4.69) is 81.5 Å². The van der Waals surface area contributed by atoms with Crippen molar-refractivity contribution in [3.63, 3.8) is 0 Å². The molecule has 0 aromatic heterocycles. The first-order valence-corrected chi connectivity index (χ1v) is 36.8. The summed E-state index contributed by atoms with van der Waals surface area (Å²) in [5.41, 5.74) is 0. The van der Waals surface area contributed by atoms with E-state index in [-0.39, 0.29) is 31.1 Å². The van der Waals surface area contributed by atoms with E-state index in [1.54, 1.807) is 0 Å². The van der Waals surface area contributed by atoms with Gasteiger partial charge in [0.05, 0.1) is 0 Å². The third-order valence-electron chi connectivity index (χ3n) is 16.5. The van der Waals surface area contributed by atoms with E-state index < -0.39 is 6.10 Å². The summed E-state index contributed by atoms with van der Waals surface area (Å²) < 4.78 is 17.0. The van der Waals surface area contributed by atoms with Gasteiger partial charge in [-0.2, -0.15) is 0 Å². The van der Waals surface area contributed by atoms with Crippen LogP contribution in [0.2, 0.25) is 0 Å². The number of rotatable bonds is 68. The summed E-state index contributed by atoms with van der Waals surface area (Å²) in [5, 5.41) is 0. The van der Waals surface area contributed by atoms with Crippen molar-refractivity contribution in [2.24, 2.45) is 0 Å². The van der Waals surface area contributed by atoms with Crippen LogP contribution >= 0.6 is 0 Å². The summed E-state index contributed by atoms with van der Waals surface area (Å²) in [5.74, 6) is -0.867. The van der Waals surface area contributed by atoms with Gasteiger partial charge in [0.25, 0.3) is 0 Å². The summed E-state index contributed by atoms with van der Waals surface area (Å²) >= 11 is 0. The van der Waals surface area contributed by atoms with E-state index in [9.17, 15) is 14.4 Å². The summed E-state index contributed by atoms with van der Waals surface area (Å²) in [4.78, 5) is 38.3. The van der Waals surface area contributed by atoms with Gasteiger partial charge in [-0.15, -0.1) is 0 Å². The van der Waals surface area contributed by atoms with Crippen LogP contribution in [0.15, 0.2) is 60.8 Å². The van der Waals surface area contributed by atoms with Gasteiger partial charge in [0.15, 0.2) is 6.10 Å². The molecule has 6 nitrogen and oxygen atoms in total. The molecule has 0 heterocycles. The van der Waals surface area contributed by atoms with E-state index in [0.717, 1.165) is 96.3 Å². The van der Waals surface area contributed by atoms with E-state index >= 15 is 0 Å². The minimum Gasteiger partial charge on any atom is -0.462 e. The van der Waals surface area contributed by atoms with Crippen LogP contribution < -0.4 is 0 Å². The van der Waals surface area contributed by atoms with Crippen molar-refractivity contribution in [1.82, 2.24) is 0 Å². The second-order valence-corrected chi connectivity index (χ2v) is 24.8. The lowest BCUT2D eigenvalue weighted by Crippen LogP contribution is -2.30. The first-order chi connectivity index (χ1) is 41.0. The Morgan fingerprint density at radius 1 is 0.253 bits per heavy atom. The molecule has 83 heavy (non-hydrogen) atoms. The first kappa shape index (κ1) is 80.1. The van der Waals surface area contributed by atoms with Crippen LogP contribution in [-0.4, -0.2) is 37.2 Å². The van der Waals surface area contributed by atoms with Crippen molar-refractivity contribution in [2.45, 2.75) is 399 Å². The highest BCUT2D eigenvalue weighted by Gasteiger charge is 2.19. The fraction of sp³-hybridized carbons (Fsp3) is 0.831. The molecule has 0 aromatic carbocycles. The normalized spacial score (nSPS) is 12.4. The third kappa shape index (κ3) is 69.8. The van der Waals surface area contributed by atoms with Gasteiger partial charge in [0.2, 0.25) is 0 Å². The molecule has 0 aliphatic rings. The van der Waals surface area contributed by atoms with Crippen molar-refractivity contribution >= 4 is 17.9 Å². The molecule has 0 aliphatic carbocycles. The molecule has 0 spiro atoms. The number of carbonyl (C=O) groups is 3. The van der Waals surface area contributed by atoms with Crippen molar-refractivity contribution < 1.29 is 28.6 Å². The Bertz CT molecular complexity index is 1470. The lowest BCUT2D eigenvalue weighted by Gasteiger charge is -2.18. The highest BCUT2D eigenvalue weighted by atomic mass is 16.6. The molecule has 0 aliphatic heterocycles. The molecule has 0 saturated carbocycles. The van der Waals surface area contributed by atoms with E-state index in [1.165, 1.54) is 257 Å². The number of unbranched alkanes of at least 4 members (excludes halogenated alkanes) is 47. The fourth-order valence-electron chi connectivity index (χ4n) is 11.0. The standard InChI is InChI=1S/C77H140O6/c1-4-7-10-13-16-19-22-24-26-28-30-31-32-33-34-35-36-37-38-39-40-41-42-43-44-45-47-48-50-52-55-58-61-64-67-70-76(79)82-73-74(72-81-75(78)69-66-63-60-57-54-21-18-15-12-9-6-3)83-77(80)71-68-65-62-59-56-53-51-49-46-29-27-25-23-20-17-14-11-8-5-2/h8,11,17,20,25,27-28,30,46,49,74H,4-7,9-10,12-16,18-19,21-24,26,29,31-45,47-48,50-73H2,1-3H3/b11-8-,20-17-,27-25-,30-28-,49-46-. The molecular weight excluding hydrogens is 1020 g/mol. The summed E-state index contributed by atoms with van der Waals surface area (Å²) in [6.07, 6.45) is 92.8. The molecule has 1 atom stereocenters. The highest BCUT2D eigenvalue weighted by molar-refractivity contribution is 5.71. The number of allylic oxidation sites excluding steroid dienone is 10. The Balaban J connectivity index is 4.07. The molecule has 0 N–H and O–H groups in total. The molecule has 1 unspecified atom stereocenters. The Hall–Kier alpha value is -2.89. The smallest absolute Gasteiger partial charge is 0.306 e. The number of hydrogen-bond donors (Lipinski definition) is 0. The second-order valence-electron chi connectivity index (χ2n) is 24.8. The Labute approximate surface area is 517 Å². The maximum Gasteiger partial charge on any atom is 0.306 e. The maximum atomic E-state index is 12.9. The Morgan fingerprint density at radius 3 is 0.747 bits per heavy atom. The zero-order valence-electron chi connectivity index (χ0n) is 55.7. The van der Waals surface area contributed by atoms with Gasteiger partial charge in [-0.3, -0.25) is 14.4 Å². The fourth-order valence-corrected chi connectivity index (χ4v) is 11.0. The number of carbonyl (C=O) groups excluding carboxylic acids is 3. The molecule has 0 saturated heterocycles. The van der Waals surface area contributed by atoms with Gasteiger partial charge in [-0.1, -0.05) is 351 Å². The molecule has 484 valence electrons. The van der Waals surface area contributed by atoms with Gasteiger partial charge >= 0.3 is 17.9 Å². The maximum absolute atomic E-state index is 12.9. The first-order valence-electron chi connectivity index (χ1n) is 36.8. The van der Waals surface area contributed by atoms with Crippen LogP contribution in [0.3, 0.4) is 0 Å². The third-order valence-corrected chi connectivity index (χ3v) is 16.5. The van der Waals surface area contributed by atoms with Crippen LogP contribution in [0.25, 0.3) is 0 Å². The van der Waals surface area contributed by atoms with Gasteiger partial charge < -0.3 is 14.2 Å². The van der Waals surface area contributed by atoms with Crippen LogP contribution in [0, 0.1) is 0 Å². The van der Waals surface area contributed by atoms with Crippen molar-refractivity contribution in [3.05, 3.63) is 60.8 Å². The molecule has 0 amide bonds. The Kier molecular flexibility index (Phi) is 69.1. The quantitative estimate of drug-likeness (QED) is 0.0261. The van der Waals surface area contributed by atoms with E-state index in [0.29, 0.717) is 19.3 Å². The zero-order chi connectivity index (χ0) is 59.9. The molecule has 6 heteroatoms. The van der Waals surface area contributed by atoms with Crippen LogP contribution in [0.1, 0.15) is 393 Å². The largest absolute Gasteiger partial charge is 0.462 e. The predicted molar refractivity (Wildman–Crippen MR) is 362 cm³/mol.